The Balaban J connectivity index is 1.55. The molecule has 1 atom stereocenters. The van der Waals surface area contributed by atoms with Crippen molar-refractivity contribution in [2.45, 2.75) is 19.0 Å². The Hall–Kier alpha value is -3.80. The average molecular weight is 398 g/mol. The van der Waals surface area contributed by atoms with E-state index in [0.29, 0.717) is 12.1 Å². The number of aliphatic hydroxyl groups excluding tert-OH is 1. The fourth-order valence-corrected chi connectivity index (χ4v) is 4.28. The predicted octanol–water partition coefficient (Wildman–Crippen LogP) is 4.31. The summed E-state index contributed by atoms with van der Waals surface area (Å²) in [5.41, 5.74) is 3.52. The lowest BCUT2D eigenvalue weighted by Gasteiger charge is -2.27. The Labute approximate surface area is 174 Å². The highest BCUT2D eigenvalue weighted by Crippen LogP contribution is 2.44. The summed E-state index contributed by atoms with van der Waals surface area (Å²) in [5, 5.41) is 11.9. The molecule has 0 aliphatic carbocycles. The molecule has 5 rings (SSSR count). The number of nitrogens with one attached hydrogen (secondary N) is 1. The number of benzene rings is 2. The van der Waals surface area contributed by atoms with E-state index in [0.717, 1.165) is 35.0 Å². The van der Waals surface area contributed by atoms with Crippen molar-refractivity contribution < 1.29 is 9.90 Å². The molecule has 6 nitrogen and oxygen atoms in total. The molecule has 0 fully saturated rings. The fourth-order valence-electron chi connectivity index (χ4n) is 4.28. The number of para-hydroxylation sites is 1. The van der Waals surface area contributed by atoms with Crippen molar-refractivity contribution in [3.8, 4) is 0 Å². The molecule has 0 saturated heterocycles. The smallest absolute Gasteiger partial charge is 0.289 e. The molecule has 1 amide bonds. The van der Waals surface area contributed by atoms with Gasteiger partial charge in [0.15, 0.2) is 5.76 Å². The number of hydrogen-bond donors (Lipinski definition) is 2. The summed E-state index contributed by atoms with van der Waals surface area (Å²) in [6.45, 7) is 1.29. The molecule has 2 N–H and O–H groups in total. The van der Waals surface area contributed by atoms with Gasteiger partial charge in [0.1, 0.15) is 0 Å². The van der Waals surface area contributed by atoms with Gasteiger partial charge in [-0.2, -0.15) is 0 Å². The molecule has 6 heteroatoms. The van der Waals surface area contributed by atoms with E-state index in [-0.39, 0.29) is 17.7 Å². The number of aryl methyl sites for hydroxylation is 1. The van der Waals surface area contributed by atoms with Gasteiger partial charge >= 0.3 is 0 Å². The van der Waals surface area contributed by atoms with Crippen LogP contribution >= 0.6 is 0 Å². The van der Waals surface area contributed by atoms with Crippen LogP contribution in [0.2, 0.25) is 0 Å². The molecule has 1 unspecified atom stereocenters. The number of fused-ring (bicyclic) bond motifs is 1. The largest absolute Gasteiger partial charge is 0.503 e. The molecule has 150 valence electrons. The maximum atomic E-state index is 13.1. The molecule has 0 spiro atoms. The van der Waals surface area contributed by atoms with E-state index in [4.69, 9.17) is 0 Å². The number of rotatable bonds is 6. The molecule has 3 heterocycles. The first-order valence-electron chi connectivity index (χ1n) is 10.1. The number of hydrogen-bond acceptors (Lipinski definition) is 3. The number of amides is 1. The average Bonchev–Trinajstić information content (AvgIpc) is 3.49. The minimum atomic E-state index is -0.348. The first-order valence-corrected chi connectivity index (χ1v) is 10.1. The van der Waals surface area contributed by atoms with Gasteiger partial charge in [-0.15, -0.1) is 0 Å². The third kappa shape index (κ3) is 3.06. The van der Waals surface area contributed by atoms with Crippen LogP contribution in [0.3, 0.4) is 0 Å². The van der Waals surface area contributed by atoms with Gasteiger partial charge in [-0.3, -0.25) is 4.79 Å². The molecule has 1 aliphatic rings. The summed E-state index contributed by atoms with van der Waals surface area (Å²) >= 11 is 0. The Morgan fingerprint density at radius 3 is 2.63 bits per heavy atom. The minimum Gasteiger partial charge on any atom is -0.503 e. The number of aliphatic hydroxyl groups is 1. The van der Waals surface area contributed by atoms with Crippen LogP contribution < -0.4 is 0 Å². The van der Waals surface area contributed by atoms with E-state index in [2.05, 4.69) is 9.97 Å². The first-order chi connectivity index (χ1) is 14.7. The van der Waals surface area contributed by atoms with Crippen LogP contribution in [0.4, 0.5) is 0 Å². The quantitative estimate of drug-likeness (QED) is 0.508. The normalized spacial score (nSPS) is 16.7. The van der Waals surface area contributed by atoms with Crippen molar-refractivity contribution in [1.29, 1.82) is 0 Å². The third-order valence-electron chi connectivity index (χ3n) is 5.68. The SMILES string of the molecule is O=C1C(O)=C(c2ccccc2)C(c2c[nH]c3ccccc23)N1CCCn1ccnc1. The molecular formula is C24H22N4O2. The molecule has 4 aromatic rings. The standard InChI is InChI=1S/C24H22N4O2/c29-23-21(17-7-2-1-3-8-17)22(19-15-26-20-10-5-4-9-18(19)20)28(24(23)30)13-6-12-27-14-11-25-16-27/h1-5,7-11,14-16,22,26,29H,6,12-13H2. The van der Waals surface area contributed by atoms with Crippen LogP contribution in [0.5, 0.6) is 0 Å². The van der Waals surface area contributed by atoms with Crippen molar-refractivity contribution in [2.75, 3.05) is 6.54 Å². The van der Waals surface area contributed by atoms with Gasteiger partial charge in [0.2, 0.25) is 0 Å². The Bertz CT molecular complexity index is 1210. The molecule has 1 aliphatic heterocycles. The molecule has 2 aromatic heterocycles. The zero-order valence-electron chi connectivity index (χ0n) is 16.4. The highest BCUT2D eigenvalue weighted by Gasteiger charge is 2.41. The van der Waals surface area contributed by atoms with Crippen LogP contribution in [-0.2, 0) is 11.3 Å². The van der Waals surface area contributed by atoms with E-state index in [9.17, 15) is 9.90 Å². The van der Waals surface area contributed by atoms with Gasteiger partial charge < -0.3 is 19.6 Å². The molecule has 2 aromatic carbocycles. The lowest BCUT2D eigenvalue weighted by atomic mass is 9.93. The van der Waals surface area contributed by atoms with E-state index in [1.807, 2.05) is 71.6 Å². The topological polar surface area (TPSA) is 74.2 Å². The summed E-state index contributed by atoms with van der Waals surface area (Å²) in [7, 11) is 0. The van der Waals surface area contributed by atoms with Crippen LogP contribution in [-0.4, -0.2) is 37.0 Å². The second-order valence-corrected chi connectivity index (χ2v) is 7.47. The summed E-state index contributed by atoms with van der Waals surface area (Å²) in [4.78, 5) is 22.3. The second-order valence-electron chi connectivity index (χ2n) is 7.47. The number of aromatic nitrogens is 3. The zero-order valence-corrected chi connectivity index (χ0v) is 16.4. The van der Waals surface area contributed by atoms with Gasteiger partial charge in [-0.25, -0.2) is 4.98 Å². The predicted molar refractivity (Wildman–Crippen MR) is 116 cm³/mol. The second kappa shape index (κ2) is 7.55. The van der Waals surface area contributed by atoms with E-state index >= 15 is 0 Å². The molecule has 0 saturated carbocycles. The highest BCUT2D eigenvalue weighted by atomic mass is 16.3. The summed E-state index contributed by atoms with van der Waals surface area (Å²) in [5.74, 6) is -0.492. The van der Waals surface area contributed by atoms with Gasteiger partial charge in [-0.1, -0.05) is 48.5 Å². The van der Waals surface area contributed by atoms with Crippen molar-refractivity contribution in [2.24, 2.45) is 0 Å². The maximum Gasteiger partial charge on any atom is 0.289 e. The number of H-pyrrole nitrogens is 1. The summed E-state index contributed by atoms with van der Waals surface area (Å²) in [6, 6.07) is 17.4. The van der Waals surface area contributed by atoms with E-state index in [1.165, 1.54) is 0 Å². The Morgan fingerprint density at radius 1 is 1.03 bits per heavy atom. The van der Waals surface area contributed by atoms with Gasteiger partial charge in [0, 0.05) is 53.7 Å². The summed E-state index contributed by atoms with van der Waals surface area (Å²) in [6.07, 6.45) is 8.14. The Kier molecular flexibility index (Phi) is 4.59. The molecule has 0 bridgehead atoms. The van der Waals surface area contributed by atoms with Crippen LogP contribution in [0, 0.1) is 0 Å². The van der Waals surface area contributed by atoms with Crippen LogP contribution in [0.15, 0.2) is 85.3 Å². The van der Waals surface area contributed by atoms with Crippen molar-refractivity contribution in [3.63, 3.8) is 0 Å². The number of nitrogens with zero attached hydrogens (tertiary/aromatic N) is 3. The summed E-state index contributed by atoms with van der Waals surface area (Å²) < 4.78 is 1.99. The van der Waals surface area contributed by atoms with Crippen molar-refractivity contribution >= 4 is 22.4 Å². The number of carbonyl (C=O) groups excluding carboxylic acids is 1. The van der Waals surface area contributed by atoms with Crippen LogP contribution in [0.1, 0.15) is 23.6 Å². The minimum absolute atomic E-state index is 0.167. The Morgan fingerprint density at radius 2 is 1.83 bits per heavy atom. The van der Waals surface area contributed by atoms with Crippen molar-refractivity contribution in [3.05, 3.63) is 96.4 Å². The zero-order chi connectivity index (χ0) is 20.5. The monoisotopic (exact) mass is 398 g/mol. The maximum absolute atomic E-state index is 13.1. The van der Waals surface area contributed by atoms with E-state index in [1.54, 1.807) is 17.4 Å². The number of aromatic amines is 1. The van der Waals surface area contributed by atoms with Gasteiger partial charge in [0.05, 0.1) is 12.4 Å². The molecular weight excluding hydrogens is 376 g/mol. The number of imidazole rings is 1. The molecule has 30 heavy (non-hydrogen) atoms. The highest BCUT2D eigenvalue weighted by molar-refractivity contribution is 6.06. The lowest BCUT2D eigenvalue weighted by Crippen LogP contribution is -2.31. The van der Waals surface area contributed by atoms with Gasteiger partial charge in [0.25, 0.3) is 5.91 Å². The molecule has 0 radical (unpaired) electrons. The lowest BCUT2D eigenvalue weighted by molar-refractivity contribution is -0.129. The number of carbonyl (C=O) groups is 1. The van der Waals surface area contributed by atoms with Gasteiger partial charge in [-0.05, 0) is 18.1 Å². The third-order valence-corrected chi connectivity index (χ3v) is 5.68. The first kappa shape index (κ1) is 18.2. The van der Waals surface area contributed by atoms with E-state index < -0.39 is 0 Å². The van der Waals surface area contributed by atoms with Crippen LogP contribution in [0.25, 0.3) is 16.5 Å². The van der Waals surface area contributed by atoms with Crippen molar-refractivity contribution in [1.82, 2.24) is 19.4 Å². The fraction of sp³-hybridized carbons (Fsp3) is 0.167.